The molecule has 0 saturated heterocycles. The standard InChI is InChI=1S/C21H17N3O2/c1-23-12-6-8-16(23)13-19-17-9-2-3-10-18(17)20(25)24(21(19)26)14-15-7-4-5-11-22-15/h2-13H,14H2,1H3/b19-13+. The summed E-state index contributed by atoms with van der Waals surface area (Å²) in [4.78, 5) is 31.5. The van der Waals surface area contributed by atoms with Gasteiger partial charge in [0.05, 0.1) is 17.8 Å². The highest BCUT2D eigenvalue weighted by atomic mass is 16.2. The van der Waals surface area contributed by atoms with Crippen LogP contribution in [-0.2, 0) is 18.4 Å². The van der Waals surface area contributed by atoms with Gasteiger partial charge in [0.25, 0.3) is 11.8 Å². The molecule has 0 radical (unpaired) electrons. The quantitative estimate of drug-likeness (QED) is 0.542. The summed E-state index contributed by atoms with van der Waals surface area (Å²) >= 11 is 0. The Bertz CT molecular complexity index is 1020. The Morgan fingerprint density at radius 1 is 0.923 bits per heavy atom. The number of fused-ring (bicyclic) bond motifs is 1. The Morgan fingerprint density at radius 2 is 1.69 bits per heavy atom. The average Bonchev–Trinajstić information content (AvgIpc) is 3.08. The molecule has 0 spiro atoms. The van der Waals surface area contributed by atoms with Gasteiger partial charge in [-0.2, -0.15) is 0 Å². The van der Waals surface area contributed by atoms with Gasteiger partial charge < -0.3 is 4.57 Å². The van der Waals surface area contributed by atoms with Crippen LogP contribution in [0.5, 0.6) is 0 Å². The van der Waals surface area contributed by atoms with Gasteiger partial charge in [-0.1, -0.05) is 24.3 Å². The van der Waals surface area contributed by atoms with E-state index in [4.69, 9.17) is 0 Å². The number of aromatic nitrogens is 2. The van der Waals surface area contributed by atoms with E-state index >= 15 is 0 Å². The minimum absolute atomic E-state index is 0.150. The van der Waals surface area contributed by atoms with Crippen molar-refractivity contribution in [2.24, 2.45) is 7.05 Å². The third-order valence-electron chi connectivity index (χ3n) is 4.49. The first-order chi connectivity index (χ1) is 12.6. The van der Waals surface area contributed by atoms with E-state index in [9.17, 15) is 9.59 Å². The van der Waals surface area contributed by atoms with Gasteiger partial charge in [-0.15, -0.1) is 0 Å². The molecular formula is C21H17N3O2. The van der Waals surface area contributed by atoms with Crippen molar-refractivity contribution in [3.8, 4) is 0 Å². The number of rotatable bonds is 3. The van der Waals surface area contributed by atoms with Crippen molar-refractivity contribution in [2.75, 3.05) is 0 Å². The number of nitrogens with zero attached hydrogens (tertiary/aromatic N) is 3. The van der Waals surface area contributed by atoms with Crippen LogP contribution < -0.4 is 0 Å². The van der Waals surface area contributed by atoms with Crippen LogP contribution >= 0.6 is 0 Å². The van der Waals surface area contributed by atoms with Gasteiger partial charge in [-0.05, 0) is 36.4 Å². The molecule has 0 N–H and O–H groups in total. The second kappa shape index (κ2) is 6.44. The van der Waals surface area contributed by atoms with Crippen LogP contribution in [0.2, 0.25) is 0 Å². The first-order valence-electron chi connectivity index (χ1n) is 8.33. The van der Waals surface area contributed by atoms with Crippen molar-refractivity contribution >= 4 is 23.5 Å². The lowest BCUT2D eigenvalue weighted by molar-refractivity contribution is -0.123. The zero-order valence-electron chi connectivity index (χ0n) is 14.3. The summed E-state index contributed by atoms with van der Waals surface area (Å²) in [7, 11) is 1.92. The summed E-state index contributed by atoms with van der Waals surface area (Å²) in [6.07, 6.45) is 5.41. The first kappa shape index (κ1) is 16.0. The van der Waals surface area contributed by atoms with Crippen molar-refractivity contribution in [2.45, 2.75) is 6.54 Å². The zero-order valence-corrected chi connectivity index (χ0v) is 14.3. The second-order valence-corrected chi connectivity index (χ2v) is 6.17. The van der Waals surface area contributed by atoms with Crippen LogP contribution in [0.3, 0.4) is 0 Å². The lowest BCUT2D eigenvalue weighted by Gasteiger charge is -2.28. The van der Waals surface area contributed by atoms with Gasteiger partial charge in [0.2, 0.25) is 0 Å². The number of carbonyl (C=O) groups is 2. The highest BCUT2D eigenvalue weighted by Crippen LogP contribution is 2.31. The maximum Gasteiger partial charge on any atom is 0.261 e. The summed E-state index contributed by atoms with van der Waals surface area (Å²) in [5.41, 5.74) is 3.28. The second-order valence-electron chi connectivity index (χ2n) is 6.17. The SMILES string of the molecule is Cn1cccc1/C=C1/C(=O)N(Cc2ccccn2)C(=O)c2ccccc21. The highest BCUT2D eigenvalue weighted by Gasteiger charge is 2.34. The van der Waals surface area contributed by atoms with Crippen LogP contribution in [0.1, 0.15) is 27.3 Å². The molecule has 128 valence electrons. The molecule has 3 aromatic rings. The summed E-state index contributed by atoms with van der Waals surface area (Å²) in [6.45, 7) is 0.150. The van der Waals surface area contributed by atoms with Crippen LogP contribution in [0.15, 0.2) is 67.0 Å². The number of imide groups is 1. The normalized spacial score (nSPS) is 15.4. The van der Waals surface area contributed by atoms with E-state index in [0.717, 1.165) is 5.69 Å². The van der Waals surface area contributed by atoms with Crippen LogP contribution in [0.4, 0.5) is 0 Å². The number of benzene rings is 1. The lowest BCUT2D eigenvalue weighted by Crippen LogP contribution is -2.41. The minimum Gasteiger partial charge on any atom is -0.351 e. The molecule has 4 rings (SSSR count). The molecule has 0 atom stereocenters. The highest BCUT2D eigenvalue weighted by molar-refractivity contribution is 6.33. The molecule has 0 unspecified atom stereocenters. The van der Waals surface area contributed by atoms with E-state index in [1.165, 1.54) is 4.90 Å². The molecule has 0 saturated carbocycles. The number of pyridine rings is 1. The fourth-order valence-electron chi connectivity index (χ4n) is 3.11. The Hall–Kier alpha value is -3.47. The zero-order chi connectivity index (χ0) is 18.1. The third-order valence-corrected chi connectivity index (χ3v) is 4.49. The fraction of sp³-hybridized carbons (Fsp3) is 0.0952. The van der Waals surface area contributed by atoms with Gasteiger partial charge in [-0.3, -0.25) is 19.5 Å². The Kier molecular flexibility index (Phi) is 3.97. The van der Waals surface area contributed by atoms with Crippen molar-refractivity contribution in [1.82, 2.24) is 14.5 Å². The molecule has 1 aliphatic heterocycles. The molecule has 2 aromatic heterocycles. The molecule has 3 heterocycles. The fourth-order valence-corrected chi connectivity index (χ4v) is 3.11. The van der Waals surface area contributed by atoms with E-state index in [2.05, 4.69) is 4.98 Å². The molecule has 1 aromatic carbocycles. The smallest absolute Gasteiger partial charge is 0.261 e. The molecule has 0 bridgehead atoms. The van der Waals surface area contributed by atoms with E-state index in [1.54, 1.807) is 18.3 Å². The van der Waals surface area contributed by atoms with Crippen molar-refractivity contribution in [3.05, 3.63) is 89.5 Å². The topological polar surface area (TPSA) is 55.2 Å². The summed E-state index contributed by atoms with van der Waals surface area (Å²) in [6, 6.07) is 16.5. The van der Waals surface area contributed by atoms with Gasteiger partial charge in [0.15, 0.2) is 0 Å². The van der Waals surface area contributed by atoms with E-state index in [-0.39, 0.29) is 18.4 Å². The molecule has 5 nitrogen and oxygen atoms in total. The van der Waals surface area contributed by atoms with E-state index in [0.29, 0.717) is 22.4 Å². The summed E-state index contributed by atoms with van der Waals surface area (Å²) in [5, 5.41) is 0. The molecule has 2 amide bonds. The maximum atomic E-state index is 13.1. The molecule has 5 heteroatoms. The first-order valence-corrected chi connectivity index (χ1v) is 8.33. The average molecular weight is 343 g/mol. The minimum atomic E-state index is -0.305. The number of amides is 2. The van der Waals surface area contributed by atoms with Crippen molar-refractivity contribution in [3.63, 3.8) is 0 Å². The van der Waals surface area contributed by atoms with E-state index in [1.807, 2.05) is 66.4 Å². The monoisotopic (exact) mass is 343 g/mol. The predicted molar refractivity (Wildman–Crippen MR) is 98.8 cm³/mol. The third kappa shape index (κ3) is 2.73. The number of carbonyl (C=O) groups excluding carboxylic acids is 2. The van der Waals surface area contributed by atoms with Gasteiger partial charge >= 0.3 is 0 Å². The van der Waals surface area contributed by atoms with Crippen LogP contribution in [0, 0.1) is 0 Å². The van der Waals surface area contributed by atoms with Crippen LogP contribution in [0.25, 0.3) is 11.6 Å². The molecule has 0 fully saturated rings. The molecule has 26 heavy (non-hydrogen) atoms. The number of hydrogen-bond donors (Lipinski definition) is 0. The van der Waals surface area contributed by atoms with Gasteiger partial charge in [0.1, 0.15) is 0 Å². The largest absolute Gasteiger partial charge is 0.351 e. The molecule has 0 aliphatic carbocycles. The number of hydrogen-bond acceptors (Lipinski definition) is 3. The lowest BCUT2D eigenvalue weighted by atomic mass is 9.92. The van der Waals surface area contributed by atoms with Gasteiger partial charge in [-0.25, -0.2) is 0 Å². The van der Waals surface area contributed by atoms with Crippen molar-refractivity contribution in [1.29, 1.82) is 0 Å². The Morgan fingerprint density at radius 3 is 2.38 bits per heavy atom. The van der Waals surface area contributed by atoms with Crippen molar-refractivity contribution < 1.29 is 9.59 Å². The molecule has 1 aliphatic rings. The van der Waals surface area contributed by atoms with Crippen LogP contribution in [-0.4, -0.2) is 26.3 Å². The van der Waals surface area contributed by atoms with E-state index < -0.39 is 0 Å². The summed E-state index contributed by atoms with van der Waals surface area (Å²) in [5.74, 6) is -0.596. The number of aryl methyl sites for hydroxylation is 1. The van der Waals surface area contributed by atoms with Gasteiger partial charge in [0, 0.05) is 36.3 Å². The Balaban J connectivity index is 1.82. The maximum absolute atomic E-state index is 13.1. The summed E-state index contributed by atoms with van der Waals surface area (Å²) < 4.78 is 1.93. The Labute approximate surface area is 151 Å². The molecular weight excluding hydrogens is 326 g/mol. The predicted octanol–water partition coefficient (Wildman–Crippen LogP) is 3.14.